The lowest BCUT2D eigenvalue weighted by molar-refractivity contribution is 0.466. The highest BCUT2D eigenvalue weighted by atomic mass is 15.3. The lowest BCUT2D eigenvalue weighted by Crippen LogP contribution is -2.05. The van der Waals surface area contributed by atoms with Gasteiger partial charge in [0.2, 0.25) is 0 Å². The second-order valence-corrected chi connectivity index (χ2v) is 7.43. The highest BCUT2D eigenvalue weighted by molar-refractivity contribution is 5.36. The molecule has 2 heterocycles. The van der Waals surface area contributed by atoms with Crippen LogP contribution in [0.5, 0.6) is 0 Å². The molecule has 3 aromatic rings. The van der Waals surface area contributed by atoms with Crippen molar-refractivity contribution in [2.75, 3.05) is 0 Å². The molecule has 0 aliphatic heterocycles. The van der Waals surface area contributed by atoms with E-state index >= 15 is 0 Å². The van der Waals surface area contributed by atoms with Gasteiger partial charge in [0.15, 0.2) is 0 Å². The zero-order valence-electron chi connectivity index (χ0n) is 15.1. The van der Waals surface area contributed by atoms with Crippen LogP contribution in [-0.2, 0) is 6.42 Å². The molecule has 1 fully saturated rings. The summed E-state index contributed by atoms with van der Waals surface area (Å²) in [6, 6.07) is 9.30. The predicted octanol–water partition coefficient (Wildman–Crippen LogP) is 4.84. The molecule has 4 heteroatoms. The van der Waals surface area contributed by atoms with Crippen LogP contribution in [0.4, 0.5) is 0 Å². The van der Waals surface area contributed by atoms with Crippen molar-refractivity contribution < 1.29 is 0 Å². The number of nitrogens with zero attached hydrogens (tertiary/aromatic N) is 4. The fourth-order valence-electron chi connectivity index (χ4n) is 3.83. The molecule has 25 heavy (non-hydrogen) atoms. The van der Waals surface area contributed by atoms with Crippen LogP contribution >= 0.6 is 0 Å². The minimum absolute atomic E-state index is 0.463. The Morgan fingerprint density at radius 2 is 1.96 bits per heavy atom. The molecule has 130 valence electrons. The quantitative estimate of drug-likeness (QED) is 0.669. The first kappa shape index (κ1) is 16.1. The summed E-state index contributed by atoms with van der Waals surface area (Å²) in [5.41, 5.74) is 4.98. The number of rotatable bonds is 5. The molecule has 0 bridgehead atoms. The van der Waals surface area contributed by atoms with Crippen molar-refractivity contribution in [3.8, 4) is 5.69 Å². The molecule has 2 aromatic heterocycles. The molecule has 1 aliphatic carbocycles. The van der Waals surface area contributed by atoms with Gasteiger partial charge in [-0.1, -0.05) is 31.9 Å². The average Bonchev–Trinajstić information content (AvgIpc) is 3.36. The number of aromatic nitrogens is 4. The van der Waals surface area contributed by atoms with E-state index in [1.807, 2.05) is 10.9 Å². The monoisotopic (exact) mass is 334 g/mol. The van der Waals surface area contributed by atoms with E-state index in [1.165, 1.54) is 42.4 Å². The molecule has 0 radical (unpaired) electrons. The van der Waals surface area contributed by atoms with Crippen LogP contribution in [0, 0.1) is 6.92 Å². The van der Waals surface area contributed by atoms with Crippen molar-refractivity contribution in [2.24, 2.45) is 0 Å². The fraction of sp³-hybridized carbons (Fsp3) is 0.429. The van der Waals surface area contributed by atoms with E-state index in [0.29, 0.717) is 12.0 Å². The minimum atomic E-state index is 0.463. The van der Waals surface area contributed by atoms with Crippen molar-refractivity contribution in [2.45, 2.75) is 57.9 Å². The Morgan fingerprint density at radius 3 is 2.72 bits per heavy atom. The summed E-state index contributed by atoms with van der Waals surface area (Å²) in [4.78, 5) is 0. The molecule has 1 saturated carbocycles. The fourth-order valence-corrected chi connectivity index (χ4v) is 3.83. The first-order valence-electron chi connectivity index (χ1n) is 9.33. The summed E-state index contributed by atoms with van der Waals surface area (Å²) in [5.74, 6) is 0.463. The smallest absolute Gasteiger partial charge is 0.0648 e. The maximum absolute atomic E-state index is 4.63. The molecule has 1 aromatic carbocycles. The zero-order chi connectivity index (χ0) is 17.2. The molecular weight excluding hydrogens is 308 g/mol. The summed E-state index contributed by atoms with van der Waals surface area (Å²) in [6.07, 6.45) is 14.5. The van der Waals surface area contributed by atoms with Crippen molar-refractivity contribution >= 4 is 0 Å². The van der Waals surface area contributed by atoms with Crippen LogP contribution in [0.25, 0.3) is 5.69 Å². The Kier molecular flexibility index (Phi) is 4.43. The van der Waals surface area contributed by atoms with Crippen LogP contribution in [-0.4, -0.2) is 19.6 Å². The zero-order valence-corrected chi connectivity index (χ0v) is 15.1. The van der Waals surface area contributed by atoms with Gasteiger partial charge in [-0.25, -0.2) is 4.68 Å². The maximum Gasteiger partial charge on any atom is 0.0648 e. The number of aryl methyl sites for hydroxylation is 1. The molecule has 4 rings (SSSR count). The molecule has 1 atom stereocenters. The Balaban J connectivity index is 1.48. The van der Waals surface area contributed by atoms with Gasteiger partial charge in [-0.05, 0) is 60.9 Å². The third-order valence-corrected chi connectivity index (χ3v) is 5.32. The van der Waals surface area contributed by atoms with Crippen LogP contribution < -0.4 is 0 Å². The van der Waals surface area contributed by atoms with Crippen molar-refractivity contribution in [1.82, 2.24) is 19.6 Å². The highest BCUT2D eigenvalue weighted by Gasteiger charge is 2.19. The maximum atomic E-state index is 4.63. The first-order valence-corrected chi connectivity index (χ1v) is 9.33. The average molecular weight is 334 g/mol. The number of benzene rings is 1. The van der Waals surface area contributed by atoms with Gasteiger partial charge in [-0.15, -0.1) is 0 Å². The van der Waals surface area contributed by atoms with E-state index < -0.39 is 0 Å². The third kappa shape index (κ3) is 3.53. The molecule has 0 spiro atoms. The normalized spacial score (nSPS) is 16.4. The molecule has 1 unspecified atom stereocenters. The minimum Gasteiger partial charge on any atom is -0.269 e. The Labute approximate surface area is 149 Å². The summed E-state index contributed by atoms with van der Waals surface area (Å²) >= 11 is 0. The summed E-state index contributed by atoms with van der Waals surface area (Å²) in [7, 11) is 0. The van der Waals surface area contributed by atoms with Crippen LogP contribution in [0.3, 0.4) is 0 Å². The van der Waals surface area contributed by atoms with E-state index in [-0.39, 0.29) is 0 Å². The topological polar surface area (TPSA) is 35.6 Å². The lowest BCUT2D eigenvalue weighted by atomic mass is 9.96. The van der Waals surface area contributed by atoms with Gasteiger partial charge in [0, 0.05) is 12.4 Å². The summed E-state index contributed by atoms with van der Waals surface area (Å²) in [5, 5.41) is 9.05. The van der Waals surface area contributed by atoms with E-state index in [1.54, 1.807) is 0 Å². The predicted molar refractivity (Wildman–Crippen MR) is 100 cm³/mol. The molecular formula is C21H26N4. The largest absolute Gasteiger partial charge is 0.269 e. The summed E-state index contributed by atoms with van der Waals surface area (Å²) < 4.78 is 4.14. The van der Waals surface area contributed by atoms with Gasteiger partial charge >= 0.3 is 0 Å². The van der Waals surface area contributed by atoms with Gasteiger partial charge in [-0.3, -0.25) is 4.68 Å². The van der Waals surface area contributed by atoms with Crippen LogP contribution in [0.2, 0.25) is 0 Å². The Morgan fingerprint density at radius 1 is 1.12 bits per heavy atom. The standard InChI is InChI=1S/C21H26N4/c1-16-12-22-24(14-16)21-9-5-6-18(11-21)10-17(2)19-13-23-25(15-19)20-7-3-4-8-20/h5-6,9,11-15,17,20H,3-4,7-8,10H2,1-2H3. The van der Waals surface area contributed by atoms with Crippen LogP contribution in [0.1, 0.15) is 61.3 Å². The Hall–Kier alpha value is -2.36. The molecule has 0 N–H and O–H groups in total. The van der Waals surface area contributed by atoms with Crippen molar-refractivity contribution in [3.05, 3.63) is 65.7 Å². The second-order valence-electron chi connectivity index (χ2n) is 7.43. The van der Waals surface area contributed by atoms with Gasteiger partial charge in [0.1, 0.15) is 0 Å². The third-order valence-electron chi connectivity index (χ3n) is 5.32. The van der Waals surface area contributed by atoms with E-state index in [2.05, 4.69) is 71.6 Å². The second kappa shape index (κ2) is 6.87. The SMILES string of the molecule is Cc1cnn(-c2cccc(CC(C)c3cnn(C4CCCC4)c3)c2)c1. The number of hydrogen-bond donors (Lipinski definition) is 0. The van der Waals surface area contributed by atoms with Gasteiger partial charge in [-0.2, -0.15) is 10.2 Å². The first-order chi connectivity index (χ1) is 12.2. The lowest BCUT2D eigenvalue weighted by Gasteiger charge is -2.12. The molecule has 1 aliphatic rings. The van der Waals surface area contributed by atoms with Crippen molar-refractivity contribution in [1.29, 1.82) is 0 Å². The highest BCUT2D eigenvalue weighted by Crippen LogP contribution is 2.30. The number of hydrogen-bond acceptors (Lipinski definition) is 2. The van der Waals surface area contributed by atoms with Crippen molar-refractivity contribution in [3.63, 3.8) is 0 Å². The van der Waals surface area contributed by atoms with Crippen LogP contribution in [0.15, 0.2) is 49.1 Å². The van der Waals surface area contributed by atoms with E-state index in [0.717, 1.165) is 12.1 Å². The molecule has 0 amide bonds. The van der Waals surface area contributed by atoms with E-state index in [9.17, 15) is 0 Å². The van der Waals surface area contributed by atoms with Gasteiger partial charge in [0.25, 0.3) is 0 Å². The van der Waals surface area contributed by atoms with E-state index in [4.69, 9.17) is 0 Å². The molecule has 4 nitrogen and oxygen atoms in total. The van der Waals surface area contributed by atoms with Gasteiger partial charge in [0.05, 0.1) is 24.1 Å². The summed E-state index contributed by atoms with van der Waals surface area (Å²) in [6.45, 7) is 4.36. The Bertz CT molecular complexity index is 839. The van der Waals surface area contributed by atoms with Gasteiger partial charge < -0.3 is 0 Å². The molecule has 0 saturated heterocycles.